The first-order valence-corrected chi connectivity index (χ1v) is 39.7. The van der Waals surface area contributed by atoms with Crippen LogP contribution in [-0.4, -0.2) is 216 Å². The molecule has 0 spiro atoms. The SMILES string of the molecule is CC(C)N1CCOCCn2cc(c3ccccc32)C2=C(C(=O)NC2=O)c2cn(c3ccccc23)CCOCC1.CCN1CCOCCn2cc(c3ccccc32)C2=C(C(=O)NC2=O)c2cn(c3ccccc23)CCOCC1.CN1CCOCCn2cc(c3ccccc32)C2=C(C(=O)NC2=O)c2cn(c3ccccc23)CCOCC1. The van der Waals surface area contributed by atoms with Crippen LogP contribution in [0.2, 0.25) is 0 Å². The Labute approximate surface area is 660 Å². The monoisotopic (exact) mass is 1540 g/mol. The van der Waals surface area contributed by atoms with Crippen LogP contribution in [0.1, 0.15) is 54.2 Å². The molecule has 12 heterocycles. The maximum Gasteiger partial charge on any atom is 0.259 e. The van der Waals surface area contributed by atoms with Crippen LogP contribution in [0.4, 0.5) is 0 Å². The maximum atomic E-state index is 13.3. The fraction of sp³-hybridized carbons (Fsp3) is 0.333. The van der Waals surface area contributed by atoms with Gasteiger partial charge in [0.05, 0.1) is 113 Å². The highest BCUT2D eigenvalue weighted by atomic mass is 16.5. The topological polar surface area (TPSA) is 233 Å². The Bertz CT molecular complexity index is 5420. The highest BCUT2D eigenvalue weighted by Gasteiger charge is 2.39. The number of amides is 6. The average molecular weight is 1540 g/mol. The molecule has 6 aromatic heterocycles. The van der Waals surface area contributed by atoms with Crippen molar-refractivity contribution in [2.75, 3.05) is 132 Å². The molecule has 18 rings (SSSR count). The third-order valence-corrected chi connectivity index (χ3v) is 22.6. The summed E-state index contributed by atoms with van der Waals surface area (Å²) in [6, 6.07) is 48.4. The number of likely N-dealkylation sites (N-methyl/N-ethyl adjacent to an activating group) is 2. The standard InChI is InChI=1S/C31H34N4O4.C30H32N4O4.C29H30N4O4/c1-21(2)33-11-15-38-17-13-34-19-24(22-7-3-5-9-26(22)34)28-29(31(37)32-30(28)36)25-20-35(14-18-39-16-12-33)27-10-6-4-8-23(25)27;1-2-32-11-15-37-17-13-33-19-23(21-7-3-5-9-25(21)33)27-28(30(36)31-29(27)35)24-20-34(14-18-38-16-12-32)26-10-6-4-8-22(24)26;1-31-10-14-36-16-12-32-18-22(20-6-2-4-8-24(20)32)26-27(29(35)30-28(26)34)23-19-33(13-17-37-15-11-31)25-9-5-3-7-21(23)25/h3-10,19-21H,11-18H2,1-2H3,(H,32,36,37);3-10,19-20H,2,11-18H2,1H3,(H,31,35,36);2-9,18-19H,10-17H2,1H3,(H,30,34,35). The lowest BCUT2D eigenvalue weighted by Crippen LogP contribution is -2.37. The normalized spacial score (nSPS) is 18.4. The Morgan fingerprint density at radius 2 is 0.474 bits per heavy atom. The minimum absolute atomic E-state index is 0.366. The van der Waals surface area contributed by atoms with E-state index in [2.05, 4.69) is 85.9 Å². The zero-order valence-corrected chi connectivity index (χ0v) is 65.0. The number of imide groups is 3. The Kier molecular flexibility index (Phi) is 23.4. The molecule has 0 unspecified atom stereocenters. The van der Waals surface area contributed by atoms with Crippen molar-refractivity contribution in [3.05, 3.63) is 216 Å². The molecule has 588 valence electrons. The quantitative estimate of drug-likeness (QED) is 0.137. The number of nitrogens with zero attached hydrogens (tertiary/aromatic N) is 9. The van der Waals surface area contributed by atoms with Crippen molar-refractivity contribution in [3.8, 4) is 0 Å². The van der Waals surface area contributed by atoms with E-state index in [1.807, 2.05) is 183 Å². The molecule has 24 nitrogen and oxygen atoms in total. The van der Waals surface area contributed by atoms with Gasteiger partial charge in [0.1, 0.15) is 0 Å². The average Bonchev–Trinajstić information content (AvgIpc) is 1.59. The minimum Gasteiger partial charge on any atom is -0.378 e. The lowest BCUT2D eigenvalue weighted by Gasteiger charge is -2.26. The second-order valence-electron chi connectivity index (χ2n) is 29.7. The number of ether oxygens (including phenoxy) is 6. The van der Waals surface area contributed by atoms with Crippen LogP contribution in [0.3, 0.4) is 0 Å². The first kappa shape index (κ1) is 76.8. The van der Waals surface area contributed by atoms with Crippen LogP contribution in [0.25, 0.3) is 98.9 Å². The lowest BCUT2D eigenvalue weighted by molar-refractivity contribution is -0.124. The van der Waals surface area contributed by atoms with Crippen molar-refractivity contribution in [2.24, 2.45) is 0 Å². The number of rotatable bonds is 2. The summed E-state index contributed by atoms with van der Waals surface area (Å²) in [6.45, 7) is 23.5. The van der Waals surface area contributed by atoms with Crippen molar-refractivity contribution in [2.45, 2.75) is 66.1 Å². The number of carbonyl (C=O) groups excluding carboxylic acids is 6. The first-order chi connectivity index (χ1) is 55.8. The predicted octanol–water partition coefficient (Wildman–Crippen LogP) is 10.6. The van der Waals surface area contributed by atoms with Crippen molar-refractivity contribution in [1.29, 1.82) is 0 Å². The molecular weight excluding hydrogens is 1440 g/mol. The first-order valence-electron chi connectivity index (χ1n) is 39.7. The summed E-state index contributed by atoms with van der Waals surface area (Å²) >= 11 is 0. The Morgan fingerprint density at radius 1 is 0.281 bits per heavy atom. The molecule has 12 aromatic rings. The molecule has 0 saturated heterocycles. The fourth-order valence-electron chi connectivity index (χ4n) is 16.6. The molecule has 3 N–H and O–H groups in total. The molecule has 0 atom stereocenters. The van der Waals surface area contributed by atoms with Gasteiger partial charge in [0.2, 0.25) is 0 Å². The molecule has 6 aromatic carbocycles. The van der Waals surface area contributed by atoms with Crippen molar-refractivity contribution in [3.63, 3.8) is 0 Å². The second-order valence-corrected chi connectivity index (χ2v) is 29.7. The third kappa shape index (κ3) is 15.7. The summed E-state index contributed by atoms with van der Waals surface area (Å²) in [5.74, 6) is -2.20. The Balaban J connectivity index is 0.000000129. The van der Waals surface area contributed by atoms with E-state index < -0.39 is 0 Å². The van der Waals surface area contributed by atoms with Gasteiger partial charge in [0, 0.05) is 221 Å². The number of hydrogen-bond acceptors (Lipinski definition) is 15. The van der Waals surface area contributed by atoms with Crippen LogP contribution >= 0.6 is 0 Å². The van der Waals surface area contributed by atoms with E-state index in [1.165, 1.54) is 0 Å². The van der Waals surface area contributed by atoms with Gasteiger partial charge in [-0.3, -0.25) is 54.5 Å². The smallest absolute Gasteiger partial charge is 0.259 e. The lowest BCUT2D eigenvalue weighted by atomic mass is 9.95. The van der Waals surface area contributed by atoms with Gasteiger partial charge in [-0.1, -0.05) is 116 Å². The Morgan fingerprint density at radius 3 is 0.684 bits per heavy atom. The summed E-state index contributed by atoms with van der Waals surface area (Å²) in [6.07, 6.45) is 11.9. The van der Waals surface area contributed by atoms with Gasteiger partial charge in [-0.2, -0.15) is 0 Å². The van der Waals surface area contributed by atoms with E-state index >= 15 is 0 Å². The molecule has 6 aliphatic rings. The van der Waals surface area contributed by atoms with Gasteiger partial charge in [-0.05, 0) is 63.8 Å². The number of carbonyl (C=O) groups is 6. The number of para-hydroxylation sites is 6. The summed E-state index contributed by atoms with van der Waals surface area (Å²) in [5, 5.41) is 13.3. The number of hydrogen-bond donors (Lipinski definition) is 3. The van der Waals surface area contributed by atoms with Crippen LogP contribution in [-0.2, 0) is 96.5 Å². The van der Waals surface area contributed by atoms with Crippen molar-refractivity contribution >= 4 is 134 Å². The van der Waals surface area contributed by atoms with Gasteiger partial charge in [-0.15, -0.1) is 0 Å². The molecule has 114 heavy (non-hydrogen) atoms. The molecular formula is C90H96N12O12. The number of aromatic nitrogens is 6. The summed E-state index contributed by atoms with van der Waals surface area (Å²) < 4.78 is 48.6. The van der Waals surface area contributed by atoms with E-state index in [0.717, 1.165) is 145 Å². The summed E-state index contributed by atoms with van der Waals surface area (Å²) in [4.78, 5) is 86.6. The van der Waals surface area contributed by atoms with E-state index in [4.69, 9.17) is 28.4 Å². The molecule has 24 heteroatoms. The molecule has 0 radical (unpaired) electrons. The summed E-state index contributed by atoms with van der Waals surface area (Å²) in [5.41, 5.74) is 13.1. The molecule has 0 saturated carbocycles. The zero-order valence-electron chi connectivity index (χ0n) is 65.0. The number of nitrogens with one attached hydrogen (secondary N) is 3. The van der Waals surface area contributed by atoms with Gasteiger partial charge in [0.15, 0.2) is 0 Å². The second kappa shape index (κ2) is 34.7. The van der Waals surface area contributed by atoms with Gasteiger partial charge >= 0.3 is 0 Å². The molecule has 6 amide bonds. The Hall–Kier alpha value is -11.2. The number of fused-ring (bicyclic) bond motifs is 36. The summed E-state index contributed by atoms with van der Waals surface area (Å²) in [7, 11) is 2.07. The van der Waals surface area contributed by atoms with Gasteiger partial charge in [-0.25, -0.2) is 0 Å². The number of benzene rings is 6. The largest absolute Gasteiger partial charge is 0.378 e. The van der Waals surface area contributed by atoms with Crippen LogP contribution in [0.15, 0.2) is 183 Å². The molecule has 0 aliphatic carbocycles. The van der Waals surface area contributed by atoms with E-state index in [0.29, 0.717) is 158 Å². The van der Waals surface area contributed by atoms with Gasteiger partial charge in [0.25, 0.3) is 35.4 Å². The fourth-order valence-corrected chi connectivity index (χ4v) is 16.6. The third-order valence-electron chi connectivity index (χ3n) is 22.6. The van der Waals surface area contributed by atoms with E-state index in [1.54, 1.807) is 0 Å². The van der Waals surface area contributed by atoms with Crippen LogP contribution in [0.5, 0.6) is 0 Å². The van der Waals surface area contributed by atoms with Gasteiger partial charge < -0.3 is 60.7 Å². The van der Waals surface area contributed by atoms with E-state index in [-0.39, 0.29) is 35.4 Å². The highest BCUT2D eigenvalue weighted by molar-refractivity contribution is 6.53. The highest BCUT2D eigenvalue weighted by Crippen LogP contribution is 2.43. The molecule has 12 bridgehead atoms. The predicted molar refractivity (Wildman–Crippen MR) is 443 cm³/mol. The van der Waals surface area contributed by atoms with Crippen molar-refractivity contribution in [1.82, 2.24) is 58.1 Å². The minimum atomic E-state index is -0.367. The zero-order chi connectivity index (χ0) is 78.3. The molecule has 6 aliphatic heterocycles. The van der Waals surface area contributed by atoms with E-state index in [9.17, 15) is 28.8 Å². The maximum absolute atomic E-state index is 13.3. The van der Waals surface area contributed by atoms with Crippen LogP contribution in [0, 0.1) is 0 Å². The van der Waals surface area contributed by atoms with Crippen molar-refractivity contribution < 1.29 is 57.2 Å². The van der Waals surface area contributed by atoms with Crippen LogP contribution < -0.4 is 16.0 Å². The molecule has 0 fully saturated rings.